The molecule has 0 spiro atoms. The molecule has 1 nitrogen and oxygen atoms in total. The number of anilines is 3. The maximum atomic E-state index is 2.59. The van der Waals surface area contributed by atoms with Gasteiger partial charge in [-0.2, -0.15) is 0 Å². The van der Waals surface area contributed by atoms with Gasteiger partial charge in [0, 0.05) is 38.8 Å². The van der Waals surface area contributed by atoms with E-state index in [0.717, 1.165) is 0 Å². The quantitative estimate of drug-likeness (QED) is 0.122. The molecule has 0 radical (unpaired) electrons. The number of hydrogen-bond donors (Lipinski definition) is 0. The molecule has 0 aromatic heterocycles. The molecule has 0 amide bonds. The average molecular weight is 667 g/mol. The molecule has 45 heavy (non-hydrogen) atoms. The van der Waals surface area contributed by atoms with Gasteiger partial charge >= 0.3 is 0 Å². The second-order valence-corrected chi connectivity index (χ2v) is 28.3. The average Bonchev–Trinajstić information content (AvgIpc) is 3.08. The first kappa shape index (κ1) is 38.2. The lowest BCUT2D eigenvalue weighted by Gasteiger charge is -2.30. The molecule has 0 aliphatic heterocycles. The maximum absolute atomic E-state index is 2.59. The molecule has 4 heteroatoms. The van der Waals surface area contributed by atoms with Crippen LogP contribution in [0.25, 0.3) is 0 Å². The summed E-state index contributed by atoms with van der Waals surface area (Å²) in [5, 5.41) is 0. The topological polar surface area (TPSA) is 3.24 Å². The molecule has 0 saturated heterocycles. The molecule has 0 saturated carbocycles. The van der Waals surface area contributed by atoms with E-state index in [-0.39, 0.29) is 0 Å². The molecule has 0 bridgehead atoms. The number of nitrogens with zero attached hydrogens (tertiary/aromatic N) is 1. The van der Waals surface area contributed by atoms with Crippen LogP contribution >= 0.6 is 21.8 Å². The van der Waals surface area contributed by atoms with Gasteiger partial charge in [0.2, 0.25) is 0 Å². The molecule has 3 aromatic carbocycles. The zero-order valence-corrected chi connectivity index (χ0v) is 33.7. The molecule has 0 aliphatic rings. The molecule has 0 unspecified atom stereocenters. The van der Waals surface area contributed by atoms with E-state index >= 15 is 0 Å². The fraction of sp³-hybridized carbons (Fsp3) is 0.561. The summed E-state index contributed by atoms with van der Waals surface area (Å²) in [5.41, 5.74) is 11.5. The van der Waals surface area contributed by atoms with Crippen LogP contribution in [-0.2, 0) is 18.5 Å². The summed E-state index contributed by atoms with van der Waals surface area (Å²) in [5.74, 6) is 0. The lowest BCUT2D eigenvalue weighted by atomic mass is 10.0. The van der Waals surface area contributed by atoms with Crippen LogP contribution in [-0.4, -0.2) is 55.5 Å². The van der Waals surface area contributed by atoms with E-state index in [2.05, 4.69) is 142 Å². The molecule has 3 rings (SSSR count). The second-order valence-electron chi connectivity index (χ2n) is 13.6. The fourth-order valence-corrected chi connectivity index (χ4v) is 16.4. The lowest BCUT2D eigenvalue weighted by Crippen LogP contribution is -2.14. The molecule has 0 N–H and O–H groups in total. The minimum atomic E-state index is -0.984. The molecule has 0 fully saturated rings. The summed E-state index contributed by atoms with van der Waals surface area (Å²) in [6.45, 7) is 26.5. The highest BCUT2D eigenvalue weighted by Gasteiger charge is 2.34. The highest BCUT2D eigenvalue weighted by molar-refractivity contribution is 7.75. The third kappa shape index (κ3) is 9.01. The fourth-order valence-electron chi connectivity index (χ4n) is 7.30. The summed E-state index contributed by atoms with van der Waals surface area (Å²) in [6, 6.07) is 24.3. The molecular formula is C41H67NP3+3. The molecular weight excluding hydrogens is 599 g/mol. The summed E-state index contributed by atoms with van der Waals surface area (Å²) in [6.07, 6.45) is 15.8. The first-order chi connectivity index (χ1) is 21.6. The Morgan fingerprint density at radius 1 is 0.422 bits per heavy atom. The van der Waals surface area contributed by atoms with E-state index < -0.39 is 21.8 Å². The van der Waals surface area contributed by atoms with Crippen molar-refractivity contribution in [2.24, 2.45) is 0 Å². The number of rotatable bonds is 18. The van der Waals surface area contributed by atoms with Gasteiger partial charge in [-0.05, 0) is 140 Å². The zero-order chi connectivity index (χ0) is 33.3. The highest BCUT2D eigenvalue weighted by Crippen LogP contribution is 2.63. The van der Waals surface area contributed by atoms with Crippen LogP contribution in [0.5, 0.6) is 0 Å². The van der Waals surface area contributed by atoms with Crippen molar-refractivity contribution in [3.8, 4) is 0 Å². The van der Waals surface area contributed by atoms with Crippen molar-refractivity contribution in [3.63, 3.8) is 0 Å². The molecule has 3 aromatic rings. The minimum Gasteiger partial charge on any atom is -0.310 e. The first-order valence-corrected chi connectivity index (χ1v) is 25.8. The van der Waals surface area contributed by atoms with Crippen LogP contribution < -0.4 is 4.90 Å². The van der Waals surface area contributed by atoms with Gasteiger partial charge in [-0.25, -0.2) is 0 Å². The van der Waals surface area contributed by atoms with E-state index in [0.29, 0.717) is 0 Å². The van der Waals surface area contributed by atoms with Crippen molar-refractivity contribution in [1.82, 2.24) is 0 Å². The van der Waals surface area contributed by atoms with Gasteiger partial charge in [0.15, 0.2) is 0 Å². The van der Waals surface area contributed by atoms with Crippen LogP contribution in [0.15, 0.2) is 60.7 Å². The van der Waals surface area contributed by atoms with Gasteiger partial charge in [-0.15, -0.1) is 0 Å². The van der Waals surface area contributed by atoms with Crippen LogP contribution in [0, 0.1) is 13.8 Å². The Balaban J connectivity index is 2.23. The van der Waals surface area contributed by atoms with E-state index in [1.54, 1.807) is 11.1 Å². The smallest absolute Gasteiger partial charge is 0.0845 e. The standard InChI is InChI=1S/C41H67NP3/c1-12-43(13-2,14-3)31-36-22-21-23-39(28-36)42(40-26-24-34(10)37(29-40)32-44(15-4,16-5)17-6)41-27-25-35(11)38(30-41)33-45(18-7,19-8)20-9/h21-30H,12-20,31-33H2,1-11H3/q+3. The third-order valence-corrected chi connectivity index (χ3v) is 27.1. The first-order valence-electron chi connectivity index (χ1n) is 18.2. The van der Waals surface area contributed by atoms with Gasteiger partial charge in [0.1, 0.15) is 0 Å². The van der Waals surface area contributed by atoms with Crippen molar-refractivity contribution in [2.75, 3.05) is 60.4 Å². The Morgan fingerprint density at radius 2 is 0.778 bits per heavy atom. The van der Waals surface area contributed by atoms with Gasteiger partial charge in [0.25, 0.3) is 0 Å². The van der Waals surface area contributed by atoms with Crippen molar-refractivity contribution in [3.05, 3.63) is 88.5 Å². The normalized spacial score (nSPS) is 12.5. The third-order valence-electron chi connectivity index (χ3n) is 11.9. The molecule has 0 heterocycles. The van der Waals surface area contributed by atoms with E-state index in [1.165, 1.54) is 108 Å². The van der Waals surface area contributed by atoms with Crippen molar-refractivity contribution >= 4 is 38.8 Å². The van der Waals surface area contributed by atoms with Crippen LogP contribution in [0.1, 0.15) is 90.1 Å². The lowest BCUT2D eigenvalue weighted by molar-refractivity contribution is 1.17. The molecule has 0 aliphatic carbocycles. The van der Waals surface area contributed by atoms with E-state index in [4.69, 9.17) is 0 Å². The summed E-state index contributed by atoms with van der Waals surface area (Å²) in [4.78, 5) is 2.59. The predicted molar refractivity (Wildman–Crippen MR) is 217 cm³/mol. The maximum Gasteiger partial charge on any atom is 0.0845 e. The number of hydrogen-bond acceptors (Lipinski definition) is 1. The van der Waals surface area contributed by atoms with Gasteiger partial charge < -0.3 is 4.90 Å². The van der Waals surface area contributed by atoms with Crippen LogP contribution in [0.3, 0.4) is 0 Å². The van der Waals surface area contributed by atoms with E-state index in [1.807, 2.05) is 0 Å². The zero-order valence-electron chi connectivity index (χ0n) is 31.0. The Bertz CT molecular complexity index is 1250. The second kappa shape index (κ2) is 17.2. The van der Waals surface area contributed by atoms with Gasteiger partial charge in [-0.1, -0.05) is 24.3 Å². The van der Waals surface area contributed by atoms with Crippen molar-refractivity contribution in [2.45, 2.75) is 94.6 Å². The van der Waals surface area contributed by atoms with Gasteiger partial charge in [-0.3, -0.25) is 0 Å². The van der Waals surface area contributed by atoms with Gasteiger partial charge in [0.05, 0.1) is 73.9 Å². The Kier molecular flexibility index (Phi) is 14.6. The summed E-state index contributed by atoms with van der Waals surface area (Å²) >= 11 is 0. The predicted octanol–water partition coefficient (Wildman–Crippen LogP) is 13.5. The Labute approximate surface area is 281 Å². The van der Waals surface area contributed by atoms with Crippen molar-refractivity contribution in [1.29, 1.82) is 0 Å². The monoisotopic (exact) mass is 666 g/mol. The largest absolute Gasteiger partial charge is 0.310 e. The summed E-state index contributed by atoms with van der Waals surface area (Å²) in [7, 11) is -2.93. The Hall–Kier alpha value is -1.25. The molecule has 248 valence electrons. The highest BCUT2D eigenvalue weighted by atomic mass is 31.2. The SMILES string of the molecule is CC[P+](CC)(CC)Cc1cccc(N(c2ccc(C)c(C[P+](CC)(CC)CC)c2)c2ccc(C)c(C[P+](CC)(CC)CC)c2)c1. The minimum absolute atomic E-state index is 0.963. The summed E-state index contributed by atoms with van der Waals surface area (Å²) < 4.78 is 0. The number of aryl methyl sites for hydroxylation is 2. The molecule has 0 atom stereocenters. The van der Waals surface area contributed by atoms with Crippen LogP contribution in [0.2, 0.25) is 0 Å². The van der Waals surface area contributed by atoms with E-state index in [9.17, 15) is 0 Å². The Morgan fingerprint density at radius 3 is 1.16 bits per heavy atom. The number of benzene rings is 3. The van der Waals surface area contributed by atoms with Crippen molar-refractivity contribution < 1.29 is 0 Å². The van der Waals surface area contributed by atoms with Crippen LogP contribution in [0.4, 0.5) is 17.1 Å².